The van der Waals surface area contributed by atoms with Crippen LogP contribution < -0.4 is 10.6 Å². The summed E-state index contributed by atoms with van der Waals surface area (Å²) >= 11 is 1.50. The highest BCUT2D eigenvalue weighted by Gasteiger charge is 2.32. The van der Waals surface area contributed by atoms with Crippen LogP contribution in [0.4, 0.5) is 9.93 Å². The SMILES string of the molecule is O=C(Nc1nc2c(s1)CN(C(=O)C1CCC1)CC2)NC1CCCC1. The van der Waals surface area contributed by atoms with E-state index in [4.69, 9.17) is 0 Å². The van der Waals surface area contributed by atoms with Gasteiger partial charge in [0.15, 0.2) is 5.13 Å². The number of nitrogens with zero attached hydrogens (tertiary/aromatic N) is 2. The molecule has 0 unspecified atom stereocenters. The number of rotatable bonds is 3. The molecule has 0 aromatic carbocycles. The molecule has 0 saturated heterocycles. The normalized spacial score (nSPS) is 21.2. The third-order valence-corrected chi connectivity index (χ3v) is 6.41. The van der Waals surface area contributed by atoms with Crippen molar-refractivity contribution in [3.05, 3.63) is 10.6 Å². The summed E-state index contributed by atoms with van der Waals surface area (Å²) in [6.45, 7) is 1.40. The number of amides is 3. The van der Waals surface area contributed by atoms with Gasteiger partial charge < -0.3 is 10.2 Å². The van der Waals surface area contributed by atoms with Gasteiger partial charge in [0.05, 0.1) is 12.2 Å². The fourth-order valence-electron chi connectivity index (χ4n) is 3.74. The molecule has 6 nitrogen and oxygen atoms in total. The lowest BCUT2D eigenvalue weighted by Crippen LogP contribution is -2.41. The molecule has 2 N–H and O–H groups in total. The van der Waals surface area contributed by atoms with Crippen LogP contribution in [0.3, 0.4) is 0 Å². The summed E-state index contributed by atoms with van der Waals surface area (Å²) in [5.41, 5.74) is 1.04. The first kappa shape index (κ1) is 15.9. The molecule has 2 fully saturated rings. The van der Waals surface area contributed by atoms with Crippen molar-refractivity contribution < 1.29 is 9.59 Å². The zero-order chi connectivity index (χ0) is 16.5. The average molecular weight is 348 g/mol. The minimum atomic E-state index is -0.157. The summed E-state index contributed by atoms with van der Waals surface area (Å²) in [7, 11) is 0. The third kappa shape index (κ3) is 3.27. The average Bonchev–Trinajstić information content (AvgIpc) is 3.13. The predicted octanol–water partition coefficient (Wildman–Crippen LogP) is 2.89. The molecule has 0 bridgehead atoms. The molecule has 1 aromatic heterocycles. The van der Waals surface area contributed by atoms with Crippen LogP contribution in [0.15, 0.2) is 0 Å². The quantitative estimate of drug-likeness (QED) is 0.882. The Morgan fingerprint density at radius 3 is 2.62 bits per heavy atom. The van der Waals surface area contributed by atoms with E-state index in [1.165, 1.54) is 30.6 Å². The smallest absolute Gasteiger partial charge is 0.321 e. The van der Waals surface area contributed by atoms with E-state index in [-0.39, 0.29) is 11.9 Å². The molecule has 24 heavy (non-hydrogen) atoms. The summed E-state index contributed by atoms with van der Waals surface area (Å²) in [5.74, 6) is 0.544. The number of carbonyl (C=O) groups excluding carboxylic acids is 2. The van der Waals surface area contributed by atoms with Gasteiger partial charge in [-0.25, -0.2) is 9.78 Å². The molecule has 3 aliphatic rings. The molecule has 7 heteroatoms. The number of urea groups is 1. The molecule has 0 radical (unpaired) electrons. The van der Waals surface area contributed by atoms with E-state index in [0.29, 0.717) is 23.6 Å². The second kappa shape index (κ2) is 6.70. The van der Waals surface area contributed by atoms with Gasteiger partial charge in [0.25, 0.3) is 0 Å². The summed E-state index contributed by atoms with van der Waals surface area (Å²) in [4.78, 5) is 32.1. The Hall–Kier alpha value is -1.63. The third-order valence-electron chi connectivity index (χ3n) is 5.41. The zero-order valence-electron chi connectivity index (χ0n) is 13.8. The lowest BCUT2D eigenvalue weighted by Gasteiger charge is -2.33. The molecule has 4 rings (SSSR count). The highest BCUT2D eigenvalue weighted by Crippen LogP contribution is 2.33. The second-order valence-electron chi connectivity index (χ2n) is 7.11. The summed E-state index contributed by atoms with van der Waals surface area (Å²) in [6, 6.07) is 0.144. The predicted molar refractivity (Wildman–Crippen MR) is 93.0 cm³/mol. The number of carbonyl (C=O) groups is 2. The number of anilines is 1. The summed E-state index contributed by atoms with van der Waals surface area (Å²) in [5, 5.41) is 6.53. The minimum Gasteiger partial charge on any atom is -0.337 e. The molecular weight excluding hydrogens is 324 g/mol. The Labute approximate surface area is 146 Å². The Morgan fingerprint density at radius 2 is 1.92 bits per heavy atom. The fraction of sp³-hybridized carbons (Fsp3) is 0.706. The van der Waals surface area contributed by atoms with E-state index in [9.17, 15) is 9.59 Å². The number of thiazole rings is 1. The summed E-state index contributed by atoms with van der Waals surface area (Å²) in [6.07, 6.45) is 8.58. The fourth-order valence-corrected chi connectivity index (χ4v) is 4.76. The number of hydrogen-bond donors (Lipinski definition) is 2. The minimum absolute atomic E-state index is 0.157. The lowest BCUT2D eigenvalue weighted by atomic mass is 9.84. The Balaban J connectivity index is 1.35. The molecule has 1 aromatic rings. The number of nitrogens with one attached hydrogen (secondary N) is 2. The Kier molecular flexibility index (Phi) is 4.43. The van der Waals surface area contributed by atoms with Crippen LogP contribution in [0.1, 0.15) is 55.5 Å². The van der Waals surface area contributed by atoms with Crippen molar-refractivity contribution in [3.8, 4) is 0 Å². The summed E-state index contributed by atoms with van der Waals surface area (Å²) < 4.78 is 0. The number of hydrogen-bond acceptors (Lipinski definition) is 4. The van der Waals surface area contributed by atoms with Crippen LogP contribution in [-0.4, -0.2) is 34.4 Å². The molecule has 3 amide bonds. The van der Waals surface area contributed by atoms with Gasteiger partial charge in [-0.2, -0.15) is 0 Å². The Bertz CT molecular complexity index is 635. The monoisotopic (exact) mass is 348 g/mol. The lowest BCUT2D eigenvalue weighted by molar-refractivity contribution is -0.139. The second-order valence-corrected chi connectivity index (χ2v) is 8.19. The molecule has 2 saturated carbocycles. The van der Waals surface area contributed by atoms with E-state index < -0.39 is 0 Å². The molecule has 1 aliphatic heterocycles. The zero-order valence-corrected chi connectivity index (χ0v) is 14.7. The van der Waals surface area contributed by atoms with Crippen molar-refractivity contribution in [2.24, 2.45) is 5.92 Å². The van der Waals surface area contributed by atoms with Crippen molar-refractivity contribution in [3.63, 3.8) is 0 Å². The number of aromatic nitrogens is 1. The highest BCUT2D eigenvalue weighted by atomic mass is 32.1. The van der Waals surface area contributed by atoms with Gasteiger partial charge in [-0.15, -0.1) is 0 Å². The number of fused-ring (bicyclic) bond motifs is 1. The van der Waals surface area contributed by atoms with Gasteiger partial charge in [0.1, 0.15) is 0 Å². The van der Waals surface area contributed by atoms with E-state index in [1.54, 1.807) is 0 Å². The van der Waals surface area contributed by atoms with E-state index in [2.05, 4.69) is 15.6 Å². The van der Waals surface area contributed by atoms with Gasteiger partial charge in [-0.1, -0.05) is 30.6 Å². The van der Waals surface area contributed by atoms with Crippen molar-refractivity contribution >= 4 is 28.4 Å². The first-order valence-corrected chi connectivity index (χ1v) is 9.85. The van der Waals surface area contributed by atoms with E-state index in [1.807, 2.05) is 4.90 Å². The van der Waals surface area contributed by atoms with Crippen molar-refractivity contribution in [2.75, 3.05) is 11.9 Å². The maximum absolute atomic E-state index is 12.4. The standard InChI is InChI=1S/C17H24N4O2S/c22-15(11-4-3-5-11)21-9-8-13-14(10-21)24-17(19-13)20-16(23)18-12-6-1-2-7-12/h11-12H,1-10H2,(H2,18,19,20,23). The van der Waals surface area contributed by atoms with Crippen molar-refractivity contribution in [2.45, 2.75) is 64.0 Å². The van der Waals surface area contributed by atoms with Crippen LogP contribution in [0.25, 0.3) is 0 Å². The van der Waals surface area contributed by atoms with Crippen LogP contribution >= 0.6 is 11.3 Å². The Morgan fingerprint density at radius 1 is 1.12 bits per heavy atom. The van der Waals surface area contributed by atoms with Crippen molar-refractivity contribution in [1.82, 2.24) is 15.2 Å². The van der Waals surface area contributed by atoms with Crippen LogP contribution in [0, 0.1) is 5.92 Å². The van der Waals surface area contributed by atoms with Crippen LogP contribution in [-0.2, 0) is 17.8 Å². The van der Waals surface area contributed by atoms with Gasteiger partial charge >= 0.3 is 6.03 Å². The van der Waals surface area contributed by atoms with Gasteiger partial charge in [0, 0.05) is 29.8 Å². The van der Waals surface area contributed by atoms with E-state index >= 15 is 0 Å². The van der Waals surface area contributed by atoms with Crippen LogP contribution in [0.2, 0.25) is 0 Å². The maximum atomic E-state index is 12.4. The first-order valence-electron chi connectivity index (χ1n) is 9.04. The van der Waals surface area contributed by atoms with Gasteiger partial charge in [-0.05, 0) is 25.7 Å². The topological polar surface area (TPSA) is 74.3 Å². The first-order chi connectivity index (χ1) is 11.7. The molecular formula is C17H24N4O2S. The molecule has 130 valence electrons. The molecule has 2 aliphatic carbocycles. The van der Waals surface area contributed by atoms with Gasteiger partial charge in [-0.3, -0.25) is 10.1 Å². The van der Waals surface area contributed by atoms with Crippen molar-refractivity contribution in [1.29, 1.82) is 0 Å². The molecule has 0 atom stereocenters. The van der Waals surface area contributed by atoms with E-state index in [0.717, 1.165) is 49.2 Å². The molecule has 2 heterocycles. The molecule has 0 spiro atoms. The van der Waals surface area contributed by atoms with Crippen LogP contribution in [0.5, 0.6) is 0 Å². The highest BCUT2D eigenvalue weighted by molar-refractivity contribution is 7.15. The largest absolute Gasteiger partial charge is 0.337 e. The van der Waals surface area contributed by atoms with Gasteiger partial charge in [0.2, 0.25) is 5.91 Å². The maximum Gasteiger partial charge on any atom is 0.321 e.